The van der Waals surface area contributed by atoms with E-state index in [0.717, 1.165) is 0 Å². The minimum atomic E-state index is -0.978. The Labute approximate surface area is 105 Å². The highest BCUT2D eigenvalue weighted by Crippen LogP contribution is 2.18. The summed E-state index contributed by atoms with van der Waals surface area (Å²) in [5.41, 5.74) is 0.304. The number of hydrogen-bond acceptors (Lipinski definition) is 2. The molecule has 0 heterocycles. The van der Waals surface area contributed by atoms with Crippen molar-refractivity contribution in [2.45, 2.75) is 19.8 Å². The number of carbonyl (C=O) groups is 2. The zero-order chi connectivity index (χ0) is 13.7. The second kappa shape index (κ2) is 6.14. The average Bonchev–Trinajstić information content (AvgIpc) is 2.35. The van der Waals surface area contributed by atoms with Gasteiger partial charge in [0.25, 0.3) is 0 Å². The van der Waals surface area contributed by atoms with E-state index in [1.807, 2.05) is 0 Å². The van der Waals surface area contributed by atoms with Gasteiger partial charge >= 0.3 is 5.97 Å². The zero-order valence-electron chi connectivity index (χ0n) is 10.3. The van der Waals surface area contributed by atoms with E-state index in [0.29, 0.717) is 5.56 Å². The third-order valence-electron chi connectivity index (χ3n) is 2.77. The highest BCUT2D eigenvalue weighted by molar-refractivity contribution is 5.83. The summed E-state index contributed by atoms with van der Waals surface area (Å²) < 4.78 is 13.5. The van der Waals surface area contributed by atoms with Crippen molar-refractivity contribution in [1.29, 1.82) is 0 Å². The van der Waals surface area contributed by atoms with Gasteiger partial charge in [0.05, 0.1) is 11.8 Å². The largest absolute Gasteiger partial charge is 0.481 e. The number of benzene rings is 1. The van der Waals surface area contributed by atoms with Crippen molar-refractivity contribution in [1.82, 2.24) is 5.32 Å². The molecule has 1 rings (SSSR count). The number of carboxylic acids is 1. The van der Waals surface area contributed by atoms with Crippen LogP contribution in [0.2, 0.25) is 0 Å². The van der Waals surface area contributed by atoms with E-state index < -0.39 is 23.6 Å². The minimum Gasteiger partial charge on any atom is -0.481 e. The van der Waals surface area contributed by atoms with Crippen molar-refractivity contribution in [2.75, 3.05) is 6.54 Å². The van der Waals surface area contributed by atoms with Crippen LogP contribution in [0.1, 0.15) is 25.3 Å². The first-order valence-electron chi connectivity index (χ1n) is 5.68. The van der Waals surface area contributed by atoms with Gasteiger partial charge in [-0.15, -0.1) is 0 Å². The van der Waals surface area contributed by atoms with Crippen LogP contribution in [0.15, 0.2) is 24.3 Å². The summed E-state index contributed by atoms with van der Waals surface area (Å²) in [5.74, 6) is -3.11. The molecule has 0 aliphatic rings. The summed E-state index contributed by atoms with van der Waals surface area (Å²) in [6.45, 7) is 3.11. The molecule has 1 amide bonds. The van der Waals surface area contributed by atoms with Crippen LogP contribution < -0.4 is 5.32 Å². The van der Waals surface area contributed by atoms with E-state index in [1.54, 1.807) is 25.1 Å². The fourth-order valence-electron chi connectivity index (χ4n) is 1.46. The normalized spacial score (nSPS) is 13.7. The third kappa shape index (κ3) is 3.55. The Bertz CT molecular complexity index is 448. The SMILES string of the molecule is C[C@@H](CNC(=O)[C@H](C)c1ccccc1F)C(=O)O. The predicted molar refractivity (Wildman–Crippen MR) is 64.6 cm³/mol. The Kier molecular flexibility index (Phi) is 4.83. The number of halogens is 1. The van der Waals surface area contributed by atoms with E-state index in [2.05, 4.69) is 5.32 Å². The predicted octanol–water partition coefficient (Wildman–Crippen LogP) is 1.77. The van der Waals surface area contributed by atoms with Crippen LogP contribution >= 0.6 is 0 Å². The maximum absolute atomic E-state index is 13.5. The monoisotopic (exact) mass is 253 g/mol. The van der Waals surface area contributed by atoms with Gasteiger partial charge in [0.2, 0.25) is 5.91 Å². The fourth-order valence-corrected chi connectivity index (χ4v) is 1.46. The highest BCUT2D eigenvalue weighted by Gasteiger charge is 2.19. The Hall–Kier alpha value is -1.91. The molecule has 0 unspecified atom stereocenters. The first kappa shape index (κ1) is 14.2. The molecule has 1 aromatic carbocycles. The molecule has 2 N–H and O–H groups in total. The minimum absolute atomic E-state index is 0.0347. The Morgan fingerprint density at radius 2 is 1.94 bits per heavy atom. The van der Waals surface area contributed by atoms with Crippen molar-refractivity contribution < 1.29 is 19.1 Å². The second-order valence-corrected chi connectivity index (χ2v) is 4.23. The number of nitrogens with one attached hydrogen (secondary N) is 1. The van der Waals surface area contributed by atoms with Crippen molar-refractivity contribution in [2.24, 2.45) is 5.92 Å². The van der Waals surface area contributed by atoms with Crippen LogP contribution in [0, 0.1) is 11.7 Å². The standard InChI is InChI=1S/C13H16FNO3/c1-8(13(17)18)7-15-12(16)9(2)10-5-3-4-6-11(10)14/h3-6,8-9H,7H2,1-2H3,(H,15,16)(H,17,18)/t8-,9+/m0/s1. The van der Waals surface area contributed by atoms with Crippen LogP contribution in [-0.4, -0.2) is 23.5 Å². The van der Waals surface area contributed by atoms with Crippen LogP contribution in [0.25, 0.3) is 0 Å². The molecule has 18 heavy (non-hydrogen) atoms. The van der Waals surface area contributed by atoms with Crippen LogP contribution in [-0.2, 0) is 9.59 Å². The van der Waals surface area contributed by atoms with Gasteiger partial charge in [0.1, 0.15) is 5.82 Å². The third-order valence-corrected chi connectivity index (χ3v) is 2.77. The summed E-state index contributed by atoms with van der Waals surface area (Å²) in [5, 5.41) is 11.2. The van der Waals surface area contributed by atoms with Gasteiger partial charge in [-0.25, -0.2) is 4.39 Å². The molecule has 0 saturated carbocycles. The number of carboxylic acid groups (broad SMARTS) is 1. The van der Waals surface area contributed by atoms with Crippen LogP contribution in [0.3, 0.4) is 0 Å². The van der Waals surface area contributed by atoms with Gasteiger partial charge in [0.15, 0.2) is 0 Å². The topological polar surface area (TPSA) is 66.4 Å². The molecule has 0 spiro atoms. The summed E-state index contributed by atoms with van der Waals surface area (Å²) in [6, 6.07) is 6.04. The summed E-state index contributed by atoms with van der Waals surface area (Å²) in [4.78, 5) is 22.3. The first-order chi connectivity index (χ1) is 8.43. The smallest absolute Gasteiger partial charge is 0.308 e. The lowest BCUT2D eigenvalue weighted by atomic mass is 9.99. The summed E-state index contributed by atoms with van der Waals surface area (Å²) in [7, 11) is 0. The lowest BCUT2D eigenvalue weighted by molar-refractivity contribution is -0.141. The van der Waals surface area contributed by atoms with E-state index in [9.17, 15) is 14.0 Å². The molecule has 5 heteroatoms. The molecule has 0 aliphatic carbocycles. The summed E-state index contributed by atoms with van der Waals surface area (Å²) in [6.07, 6.45) is 0. The highest BCUT2D eigenvalue weighted by atomic mass is 19.1. The molecular weight excluding hydrogens is 237 g/mol. The molecule has 0 saturated heterocycles. The molecule has 1 aromatic rings. The lowest BCUT2D eigenvalue weighted by Gasteiger charge is -2.14. The van der Waals surface area contributed by atoms with Crippen molar-refractivity contribution in [3.63, 3.8) is 0 Å². The van der Waals surface area contributed by atoms with Gasteiger partial charge in [0, 0.05) is 6.54 Å². The quantitative estimate of drug-likeness (QED) is 0.840. The molecule has 4 nitrogen and oxygen atoms in total. The van der Waals surface area contributed by atoms with Crippen LogP contribution in [0.5, 0.6) is 0 Å². The van der Waals surface area contributed by atoms with Crippen LogP contribution in [0.4, 0.5) is 4.39 Å². The molecule has 0 fully saturated rings. The van der Waals surface area contributed by atoms with E-state index in [-0.39, 0.29) is 12.5 Å². The van der Waals surface area contributed by atoms with Gasteiger partial charge in [-0.1, -0.05) is 25.1 Å². The van der Waals surface area contributed by atoms with Gasteiger partial charge in [-0.3, -0.25) is 9.59 Å². The van der Waals surface area contributed by atoms with Gasteiger partial charge in [-0.05, 0) is 18.6 Å². The molecule has 0 bridgehead atoms. The molecular formula is C13H16FNO3. The molecule has 0 aliphatic heterocycles. The number of aliphatic carboxylic acids is 1. The van der Waals surface area contributed by atoms with Gasteiger partial charge in [-0.2, -0.15) is 0 Å². The molecule has 2 atom stereocenters. The van der Waals surface area contributed by atoms with Crippen molar-refractivity contribution >= 4 is 11.9 Å². The van der Waals surface area contributed by atoms with Crippen molar-refractivity contribution in [3.05, 3.63) is 35.6 Å². The van der Waals surface area contributed by atoms with E-state index >= 15 is 0 Å². The zero-order valence-corrected chi connectivity index (χ0v) is 10.3. The Morgan fingerprint density at radius 3 is 2.50 bits per heavy atom. The number of rotatable bonds is 5. The number of carbonyl (C=O) groups excluding carboxylic acids is 1. The number of hydrogen-bond donors (Lipinski definition) is 2. The lowest BCUT2D eigenvalue weighted by Crippen LogP contribution is -2.34. The van der Waals surface area contributed by atoms with E-state index in [1.165, 1.54) is 13.0 Å². The molecule has 98 valence electrons. The number of amides is 1. The van der Waals surface area contributed by atoms with Gasteiger partial charge < -0.3 is 10.4 Å². The second-order valence-electron chi connectivity index (χ2n) is 4.23. The Morgan fingerprint density at radius 1 is 1.33 bits per heavy atom. The molecule has 0 radical (unpaired) electrons. The van der Waals surface area contributed by atoms with E-state index in [4.69, 9.17) is 5.11 Å². The maximum Gasteiger partial charge on any atom is 0.308 e. The molecule has 0 aromatic heterocycles. The average molecular weight is 253 g/mol. The Balaban J connectivity index is 2.63. The maximum atomic E-state index is 13.5. The summed E-state index contributed by atoms with van der Waals surface area (Å²) >= 11 is 0. The van der Waals surface area contributed by atoms with Crippen molar-refractivity contribution in [3.8, 4) is 0 Å². The fraction of sp³-hybridized carbons (Fsp3) is 0.385. The first-order valence-corrected chi connectivity index (χ1v) is 5.68.